The Hall–Kier alpha value is -2.13. The molecule has 1 unspecified atom stereocenters. The van der Waals surface area contributed by atoms with E-state index in [9.17, 15) is 5.11 Å². The molecule has 0 amide bonds. The summed E-state index contributed by atoms with van der Waals surface area (Å²) in [6, 6.07) is 11.4. The standard InChI is InChI=1S/C15H13NO2/c1-10-5-6-14(18-10)15(17)12-4-2-3-11-7-8-16-9-13(11)12/h2-9,15,17H,1H3. The predicted octanol–water partition coefficient (Wildman–Crippen LogP) is 3.22. The highest BCUT2D eigenvalue weighted by Gasteiger charge is 2.16. The number of pyridine rings is 1. The van der Waals surface area contributed by atoms with Crippen LogP contribution in [0.3, 0.4) is 0 Å². The first-order valence-electron chi connectivity index (χ1n) is 5.83. The zero-order chi connectivity index (χ0) is 12.5. The minimum absolute atomic E-state index is 0.559. The maximum atomic E-state index is 10.4. The van der Waals surface area contributed by atoms with Gasteiger partial charge in [-0.25, -0.2) is 0 Å². The molecular formula is C15H13NO2. The number of hydrogen-bond acceptors (Lipinski definition) is 3. The summed E-state index contributed by atoms with van der Waals surface area (Å²) in [6.07, 6.45) is 2.76. The van der Waals surface area contributed by atoms with Gasteiger partial charge in [-0.3, -0.25) is 4.98 Å². The smallest absolute Gasteiger partial charge is 0.137 e. The maximum Gasteiger partial charge on any atom is 0.137 e. The molecule has 0 saturated heterocycles. The number of aliphatic hydroxyl groups is 1. The monoisotopic (exact) mass is 239 g/mol. The summed E-state index contributed by atoms with van der Waals surface area (Å²) >= 11 is 0. The van der Waals surface area contributed by atoms with Crippen LogP contribution >= 0.6 is 0 Å². The lowest BCUT2D eigenvalue weighted by molar-refractivity contribution is 0.189. The summed E-state index contributed by atoms with van der Waals surface area (Å²) in [5.74, 6) is 1.35. The first-order valence-corrected chi connectivity index (χ1v) is 5.83. The van der Waals surface area contributed by atoms with Crippen molar-refractivity contribution in [3.63, 3.8) is 0 Å². The van der Waals surface area contributed by atoms with Crippen LogP contribution in [0.4, 0.5) is 0 Å². The van der Waals surface area contributed by atoms with E-state index in [1.807, 2.05) is 37.3 Å². The van der Waals surface area contributed by atoms with Crippen LogP contribution < -0.4 is 0 Å². The van der Waals surface area contributed by atoms with E-state index in [4.69, 9.17) is 4.42 Å². The van der Waals surface area contributed by atoms with Crippen molar-refractivity contribution < 1.29 is 9.52 Å². The predicted molar refractivity (Wildman–Crippen MR) is 69.2 cm³/mol. The lowest BCUT2D eigenvalue weighted by atomic mass is 10.0. The molecule has 0 spiro atoms. The summed E-state index contributed by atoms with van der Waals surface area (Å²) in [6.45, 7) is 1.86. The quantitative estimate of drug-likeness (QED) is 0.746. The summed E-state index contributed by atoms with van der Waals surface area (Å²) in [5, 5.41) is 12.4. The molecule has 0 radical (unpaired) electrons. The van der Waals surface area contributed by atoms with Gasteiger partial charge in [0.2, 0.25) is 0 Å². The van der Waals surface area contributed by atoms with E-state index in [-0.39, 0.29) is 0 Å². The van der Waals surface area contributed by atoms with Crippen molar-refractivity contribution in [1.29, 1.82) is 0 Å². The van der Waals surface area contributed by atoms with E-state index in [2.05, 4.69) is 4.98 Å². The fourth-order valence-electron chi connectivity index (χ4n) is 2.13. The van der Waals surface area contributed by atoms with Gasteiger partial charge in [-0.1, -0.05) is 18.2 Å². The lowest BCUT2D eigenvalue weighted by Gasteiger charge is -2.11. The Balaban J connectivity index is 2.14. The van der Waals surface area contributed by atoms with Gasteiger partial charge in [0.1, 0.15) is 17.6 Å². The third-order valence-corrected chi connectivity index (χ3v) is 3.04. The first-order chi connectivity index (χ1) is 8.75. The van der Waals surface area contributed by atoms with Gasteiger partial charge in [0.05, 0.1) is 0 Å². The maximum absolute atomic E-state index is 10.4. The van der Waals surface area contributed by atoms with Gasteiger partial charge >= 0.3 is 0 Å². The van der Waals surface area contributed by atoms with Crippen LogP contribution in [0.15, 0.2) is 53.2 Å². The molecule has 0 bridgehead atoms. The molecule has 0 fully saturated rings. The summed E-state index contributed by atoms with van der Waals surface area (Å²) in [4.78, 5) is 4.11. The Kier molecular flexibility index (Phi) is 2.61. The number of benzene rings is 1. The van der Waals surface area contributed by atoms with Crippen molar-refractivity contribution in [2.45, 2.75) is 13.0 Å². The molecule has 0 saturated carbocycles. The molecule has 2 aromatic heterocycles. The third kappa shape index (κ3) is 1.79. The zero-order valence-corrected chi connectivity index (χ0v) is 10.00. The van der Waals surface area contributed by atoms with E-state index in [0.717, 1.165) is 22.1 Å². The number of aryl methyl sites for hydroxylation is 1. The molecule has 1 aromatic carbocycles. The second kappa shape index (κ2) is 4.27. The van der Waals surface area contributed by atoms with Gasteiger partial charge in [0, 0.05) is 17.8 Å². The van der Waals surface area contributed by atoms with Crippen molar-refractivity contribution in [3.8, 4) is 0 Å². The number of rotatable bonds is 2. The number of fused-ring (bicyclic) bond motifs is 1. The average Bonchev–Trinajstić information content (AvgIpc) is 2.84. The van der Waals surface area contributed by atoms with Crippen LogP contribution in [0, 0.1) is 6.92 Å². The molecule has 3 rings (SSSR count). The first kappa shape index (κ1) is 11.0. The van der Waals surface area contributed by atoms with Gasteiger partial charge in [0.25, 0.3) is 0 Å². The van der Waals surface area contributed by atoms with Gasteiger partial charge < -0.3 is 9.52 Å². The summed E-state index contributed by atoms with van der Waals surface area (Å²) in [7, 11) is 0. The normalized spacial score (nSPS) is 12.8. The lowest BCUT2D eigenvalue weighted by Crippen LogP contribution is -1.99. The topological polar surface area (TPSA) is 46.3 Å². The second-order valence-electron chi connectivity index (χ2n) is 4.30. The van der Waals surface area contributed by atoms with Crippen LogP contribution in [-0.2, 0) is 0 Å². The van der Waals surface area contributed by atoms with E-state index >= 15 is 0 Å². The Labute approximate surface area is 105 Å². The number of nitrogens with zero attached hydrogens (tertiary/aromatic N) is 1. The van der Waals surface area contributed by atoms with Crippen LogP contribution in [0.25, 0.3) is 10.8 Å². The molecule has 2 heterocycles. The molecule has 3 aromatic rings. The minimum atomic E-state index is -0.758. The molecular weight excluding hydrogens is 226 g/mol. The number of aliphatic hydroxyl groups excluding tert-OH is 1. The van der Waals surface area contributed by atoms with Crippen LogP contribution in [0.5, 0.6) is 0 Å². The highest BCUT2D eigenvalue weighted by molar-refractivity contribution is 5.85. The second-order valence-corrected chi connectivity index (χ2v) is 4.30. The Morgan fingerprint density at radius 2 is 2.06 bits per heavy atom. The summed E-state index contributed by atoms with van der Waals surface area (Å²) < 4.78 is 5.48. The van der Waals surface area contributed by atoms with E-state index in [1.54, 1.807) is 18.5 Å². The molecule has 18 heavy (non-hydrogen) atoms. The van der Waals surface area contributed by atoms with Crippen LogP contribution in [0.2, 0.25) is 0 Å². The third-order valence-electron chi connectivity index (χ3n) is 3.04. The van der Waals surface area contributed by atoms with Crippen LogP contribution in [-0.4, -0.2) is 10.1 Å². The van der Waals surface area contributed by atoms with Crippen molar-refractivity contribution >= 4 is 10.8 Å². The number of furan rings is 1. The van der Waals surface area contributed by atoms with Gasteiger partial charge in [0.15, 0.2) is 0 Å². The van der Waals surface area contributed by atoms with Gasteiger partial charge in [-0.05, 0) is 36.1 Å². The van der Waals surface area contributed by atoms with Crippen molar-refractivity contribution in [1.82, 2.24) is 4.98 Å². The van der Waals surface area contributed by atoms with Crippen molar-refractivity contribution in [2.24, 2.45) is 0 Å². The highest BCUT2D eigenvalue weighted by Crippen LogP contribution is 2.29. The van der Waals surface area contributed by atoms with Crippen LogP contribution in [0.1, 0.15) is 23.2 Å². The average molecular weight is 239 g/mol. The molecule has 90 valence electrons. The fraction of sp³-hybridized carbons (Fsp3) is 0.133. The molecule has 3 nitrogen and oxygen atoms in total. The van der Waals surface area contributed by atoms with Gasteiger partial charge in [-0.15, -0.1) is 0 Å². The van der Waals surface area contributed by atoms with Crippen molar-refractivity contribution in [2.75, 3.05) is 0 Å². The van der Waals surface area contributed by atoms with E-state index in [0.29, 0.717) is 5.76 Å². The Bertz CT molecular complexity index is 682. The number of aromatic nitrogens is 1. The fourth-order valence-corrected chi connectivity index (χ4v) is 2.13. The largest absolute Gasteiger partial charge is 0.463 e. The molecule has 0 aliphatic carbocycles. The molecule has 3 heteroatoms. The highest BCUT2D eigenvalue weighted by atomic mass is 16.4. The SMILES string of the molecule is Cc1ccc(C(O)c2cccc3ccncc23)o1. The van der Waals surface area contributed by atoms with E-state index < -0.39 is 6.10 Å². The van der Waals surface area contributed by atoms with Crippen molar-refractivity contribution in [3.05, 3.63) is 65.9 Å². The molecule has 1 atom stereocenters. The Morgan fingerprint density at radius 3 is 2.83 bits per heavy atom. The molecule has 0 aliphatic heterocycles. The van der Waals surface area contributed by atoms with E-state index in [1.165, 1.54) is 0 Å². The molecule has 0 aliphatic rings. The summed E-state index contributed by atoms with van der Waals surface area (Å²) in [5.41, 5.74) is 0.815. The van der Waals surface area contributed by atoms with Gasteiger partial charge in [-0.2, -0.15) is 0 Å². The Morgan fingerprint density at radius 1 is 1.17 bits per heavy atom. The molecule has 1 N–H and O–H groups in total. The zero-order valence-electron chi connectivity index (χ0n) is 10.00. The number of hydrogen-bond donors (Lipinski definition) is 1. The minimum Gasteiger partial charge on any atom is -0.463 e.